The molecule has 2 amide bonds. The van der Waals surface area contributed by atoms with Gasteiger partial charge in [0.25, 0.3) is 5.91 Å². The van der Waals surface area contributed by atoms with E-state index < -0.39 is 6.04 Å². The normalized spacial score (nSPS) is 15.5. The Bertz CT molecular complexity index is 792. The van der Waals surface area contributed by atoms with Crippen LogP contribution in [0, 0.1) is 5.82 Å². The van der Waals surface area contributed by atoms with Gasteiger partial charge in [0.1, 0.15) is 11.5 Å². The van der Waals surface area contributed by atoms with E-state index in [1.807, 2.05) is 0 Å². The zero-order chi connectivity index (χ0) is 19.2. The van der Waals surface area contributed by atoms with E-state index in [0.29, 0.717) is 43.9 Å². The first kappa shape index (κ1) is 19.0. The summed E-state index contributed by atoms with van der Waals surface area (Å²) in [7, 11) is 0. The van der Waals surface area contributed by atoms with Crippen molar-refractivity contribution >= 4 is 11.8 Å². The smallest absolute Gasteiger partial charge is 0.272 e. The number of carbonyl (C=O) groups excluding carboxylic acids is 2. The second-order valence-corrected chi connectivity index (χ2v) is 6.65. The third-order valence-corrected chi connectivity index (χ3v) is 4.68. The summed E-state index contributed by atoms with van der Waals surface area (Å²) in [6.45, 7) is 1.85. The molecule has 1 aromatic carbocycles. The Morgan fingerprint density at radius 1 is 1.04 bits per heavy atom. The highest BCUT2D eigenvalue weighted by molar-refractivity contribution is 5.92. The molecule has 0 aliphatic carbocycles. The molecule has 1 fully saturated rings. The minimum atomic E-state index is -0.442. The average Bonchev–Trinajstić information content (AvgIpc) is 2.70. The zero-order valence-electron chi connectivity index (χ0n) is 15.1. The maximum absolute atomic E-state index is 13.7. The summed E-state index contributed by atoms with van der Waals surface area (Å²) >= 11 is 0. The van der Waals surface area contributed by atoms with Crippen molar-refractivity contribution in [2.24, 2.45) is 5.73 Å². The average molecular weight is 370 g/mol. The third kappa shape index (κ3) is 4.89. The fourth-order valence-electron chi connectivity index (χ4n) is 3.18. The molecule has 0 spiro atoms. The number of hydrogen-bond acceptors (Lipinski definition) is 4. The Hall–Kier alpha value is -2.80. The van der Waals surface area contributed by atoms with Gasteiger partial charge in [0.2, 0.25) is 5.91 Å². The van der Waals surface area contributed by atoms with E-state index in [1.54, 1.807) is 52.4 Å². The van der Waals surface area contributed by atoms with Crippen LogP contribution in [0.1, 0.15) is 22.5 Å². The number of carbonyl (C=O) groups is 2. The summed E-state index contributed by atoms with van der Waals surface area (Å²) in [4.78, 5) is 32.3. The predicted molar refractivity (Wildman–Crippen MR) is 99.4 cm³/mol. The highest BCUT2D eigenvalue weighted by atomic mass is 19.1. The number of piperazine rings is 1. The fraction of sp³-hybridized carbons (Fsp3) is 0.350. The molecule has 142 valence electrons. The molecule has 2 N–H and O–H groups in total. The van der Waals surface area contributed by atoms with Gasteiger partial charge < -0.3 is 15.5 Å². The maximum Gasteiger partial charge on any atom is 0.272 e. The van der Waals surface area contributed by atoms with Crippen molar-refractivity contribution < 1.29 is 14.0 Å². The monoisotopic (exact) mass is 370 g/mol. The molecule has 1 aliphatic rings. The van der Waals surface area contributed by atoms with E-state index in [0.717, 1.165) is 0 Å². The molecular formula is C20H23FN4O2. The number of pyridine rings is 1. The van der Waals surface area contributed by atoms with Gasteiger partial charge in [-0.15, -0.1) is 0 Å². The topological polar surface area (TPSA) is 79.5 Å². The van der Waals surface area contributed by atoms with E-state index in [1.165, 1.54) is 6.07 Å². The molecule has 27 heavy (non-hydrogen) atoms. The van der Waals surface area contributed by atoms with Gasteiger partial charge in [-0.1, -0.05) is 24.3 Å². The number of nitrogens with two attached hydrogens (primary N) is 1. The third-order valence-electron chi connectivity index (χ3n) is 4.68. The lowest BCUT2D eigenvalue weighted by Crippen LogP contribution is -2.51. The molecular weight excluding hydrogens is 347 g/mol. The number of rotatable bonds is 5. The molecule has 0 radical (unpaired) electrons. The molecule has 1 atom stereocenters. The summed E-state index contributed by atoms with van der Waals surface area (Å²) in [5, 5.41) is 0. The molecule has 2 aromatic rings. The number of halogens is 1. The van der Waals surface area contributed by atoms with Crippen LogP contribution in [0.15, 0.2) is 48.7 Å². The van der Waals surface area contributed by atoms with Crippen LogP contribution in [0.4, 0.5) is 4.39 Å². The SMILES string of the molecule is N[C@@H](CC(=O)N1CCN(C(=O)c2ccccn2)CC1)Cc1ccccc1F. The first-order chi connectivity index (χ1) is 13.0. The summed E-state index contributed by atoms with van der Waals surface area (Å²) in [6.07, 6.45) is 2.06. The van der Waals surface area contributed by atoms with E-state index in [-0.39, 0.29) is 24.1 Å². The van der Waals surface area contributed by atoms with Gasteiger partial charge in [-0.2, -0.15) is 0 Å². The van der Waals surface area contributed by atoms with Crippen molar-refractivity contribution in [2.45, 2.75) is 18.9 Å². The highest BCUT2D eigenvalue weighted by Gasteiger charge is 2.26. The molecule has 0 saturated carbocycles. The summed E-state index contributed by atoms with van der Waals surface area (Å²) in [6, 6.07) is 11.2. The molecule has 1 aliphatic heterocycles. The van der Waals surface area contributed by atoms with Crippen molar-refractivity contribution in [1.82, 2.24) is 14.8 Å². The van der Waals surface area contributed by atoms with E-state index in [2.05, 4.69) is 4.98 Å². The lowest BCUT2D eigenvalue weighted by Gasteiger charge is -2.35. The van der Waals surface area contributed by atoms with E-state index in [4.69, 9.17) is 5.73 Å². The summed E-state index contributed by atoms with van der Waals surface area (Å²) in [5.41, 5.74) is 6.97. The van der Waals surface area contributed by atoms with Gasteiger partial charge >= 0.3 is 0 Å². The number of hydrogen-bond donors (Lipinski definition) is 1. The molecule has 1 saturated heterocycles. The Morgan fingerprint density at radius 3 is 2.37 bits per heavy atom. The van der Waals surface area contributed by atoms with Gasteiger partial charge in [-0.05, 0) is 30.2 Å². The molecule has 0 unspecified atom stereocenters. The minimum Gasteiger partial charge on any atom is -0.339 e. The lowest BCUT2D eigenvalue weighted by atomic mass is 10.0. The number of aromatic nitrogens is 1. The van der Waals surface area contributed by atoms with Crippen molar-refractivity contribution in [2.75, 3.05) is 26.2 Å². The standard InChI is InChI=1S/C20H23FN4O2/c21-17-6-2-1-5-15(17)13-16(22)14-19(26)24-9-11-25(12-10-24)20(27)18-7-3-4-8-23-18/h1-8,16H,9-14,22H2/t16-/m1/s1. The molecule has 0 bridgehead atoms. The van der Waals surface area contributed by atoms with Gasteiger partial charge in [0, 0.05) is 44.8 Å². The van der Waals surface area contributed by atoms with Crippen LogP contribution in [-0.2, 0) is 11.2 Å². The van der Waals surface area contributed by atoms with Crippen molar-refractivity contribution in [3.05, 3.63) is 65.7 Å². The number of nitrogens with zero attached hydrogens (tertiary/aromatic N) is 3. The second kappa shape index (κ2) is 8.73. The Kier molecular flexibility index (Phi) is 6.13. The van der Waals surface area contributed by atoms with Crippen LogP contribution in [0.3, 0.4) is 0 Å². The molecule has 2 heterocycles. The molecule has 6 nitrogen and oxygen atoms in total. The van der Waals surface area contributed by atoms with Gasteiger partial charge in [-0.25, -0.2) is 4.39 Å². The number of amides is 2. The Labute approximate surface area is 157 Å². The van der Waals surface area contributed by atoms with Crippen LogP contribution in [-0.4, -0.2) is 58.8 Å². The summed E-state index contributed by atoms with van der Waals surface area (Å²) in [5.74, 6) is -0.496. The van der Waals surface area contributed by atoms with Gasteiger partial charge in [0.15, 0.2) is 0 Å². The first-order valence-corrected chi connectivity index (χ1v) is 9.01. The zero-order valence-corrected chi connectivity index (χ0v) is 15.1. The fourth-order valence-corrected chi connectivity index (χ4v) is 3.18. The quantitative estimate of drug-likeness (QED) is 0.864. The van der Waals surface area contributed by atoms with Gasteiger partial charge in [0.05, 0.1) is 0 Å². The van der Waals surface area contributed by atoms with Crippen LogP contribution in [0.25, 0.3) is 0 Å². The molecule has 7 heteroatoms. The summed E-state index contributed by atoms with van der Waals surface area (Å²) < 4.78 is 13.7. The van der Waals surface area contributed by atoms with Gasteiger partial charge in [-0.3, -0.25) is 14.6 Å². The highest BCUT2D eigenvalue weighted by Crippen LogP contribution is 2.12. The first-order valence-electron chi connectivity index (χ1n) is 9.01. The maximum atomic E-state index is 13.7. The van der Waals surface area contributed by atoms with E-state index in [9.17, 15) is 14.0 Å². The predicted octanol–water partition coefficient (Wildman–Crippen LogP) is 1.47. The lowest BCUT2D eigenvalue weighted by molar-refractivity contribution is -0.133. The van der Waals surface area contributed by atoms with Crippen molar-refractivity contribution in [1.29, 1.82) is 0 Å². The van der Waals surface area contributed by atoms with E-state index >= 15 is 0 Å². The Balaban J connectivity index is 1.48. The largest absolute Gasteiger partial charge is 0.339 e. The van der Waals surface area contributed by atoms with Crippen LogP contribution in [0.5, 0.6) is 0 Å². The Morgan fingerprint density at radius 2 is 1.70 bits per heavy atom. The minimum absolute atomic E-state index is 0.0659. The molecule has 1 aromatic heterocycles. The van der Waals surface area contributed by atoms with Crippen molar-refractivity contribution in [3.8, 4) is 0 Å². The second-order valence-electron chi connectivity index (χ2n) is 6.65. The van der Waals surface area contributed by atoms with Crippen LogP contribution in [0.2, 0.25) is 0 Å². The number of benzene rings is 1. The molecule has 3 rings (SSSR count). The van der Waals surface area contributed by atoms with Crippen molar-refractivity contribution in [3.63, 3.8) is 0 Å². The van der Waals surface area contributed by atoms with Crippen LogP contribution < -0.4 is 5.73 Å². The van der Waals surface area contributed by atoms with Crippen LogP contribution >= 0.6 is 0 Å².